The van der Waals surface area contributed by atoms with E-state index in [-0.39, 0.29) is 11.8 Å². The summed E-state index contributed by atoms with van der Waals surface area (Å²) in [5, 5.41) is 12.3. The third-order valence-corrected chi connectivity index (χ3v) is 5.28. The van der Waals surface area contributed by atoms with Gasteiger partial charge in [0.05, 0.1) is 19.7 Å². The maximum absolute atomic E-state index is 12.7. The smallest absolute Gasteiger partial charge is 0.279 e. The molecule has 1 aliphatic heterocycles. The lowest BCUT2D eigenvalue weighted by Crippen LogP contribution is -2.24. The largest absolute Gasteiger partial charge is 0.493 e. The molecule has 30 heavy (non-hydrogen) atoms. The SMILES string of the molecule is COc1ccc(N2CC(c3noc(-c4n[nH]c5ccccc45)n3)CC2=O)cc1OC. The number of aromatic amines is 1. The fraction of sp³-hybridized carbons (Fsp3) is 0.238. The number of nitrogens with zero attached hydrogens (tertiary/aromatic N) is 4. The lowest BCUT2D eigenvalue weighted by atomic mass is 10.1. The van der Waals surface area contributed by atoms with Gasteiger partial charge in [0.25, 0.3) is 5.89 Å². The van der Waals surface area contributed by atoms with E-state index in [0.717, 1.165) is 16.6 Å². The number of aromatic nitrogens is 4. The minimum Gasteiger partial charge on any atom is -0.493 e. The standard InChI is InChI=1S/C21H19N5O4/c1-28-16-8-7-13(10-17(16)29-2)26-11-12(9-18(26)27)20-22-21(30-25-20)19-14-5-3-4-6-15(14)23-24-19/h3-8,10,12H,9,11H2,1-2H3,(H,23,24). The van der Waals surface area contributed by atoms with E-state index >= 15 is 0 Å². The molecule has 9 nitrogen and oxygen atoms in total. The summed E-state index contributed by atoms with van der Waals surface area (Å²) in [7, 11) is 3.14. The number of anilines is 1. The number of hydrogen-bond donors (Lipinski definition) is 1. The first kappa shape index (κ1) is 18.2. The van der Waals surface area contributed by atoms with Crippen LogP contribution in [-0.2, 0) is 4.79 Å². The fourth-order valence-electron chi connectivity index (χ4n) is 3.75. The van der Waals surface area contributed by atoms with Gasteiger partial charge in [0, 0.05) is 36.0 Å². The van der Waals surface area contributed by atoms with Crippen molar-refractivity contribution in [2.24, 2.45) is 0 Å². The molecule has 1 fully saturated rings. The molecule has 152 valence electrons. The Bertz CT molecular complexity index is 1230. The molecule has 3 heterocycles. The van der Waals surface area contributed by atoms with E-state index in [4.69, 9.17) is 14.0 Å². The van der Waals surface area contributed by atoms with E-state index < -0.39 is 0 Å². The van der Waals surface area contributed by atoms with Gasteiger partial charge in [-0.1, -0.05) is 23.4 Å². The first-order chi connectivity index (χ1) is 14.7. The van der Waals surface area contributed by atoms with Crippen LogP contribution in [0.5, 0.6) is 11.5 Å². The number of carbonyl (C=O) groups is 1. The molecule has 1 atom stereocenters. The predicted molar refractivity (Wildman–Crippen MR) is 109 cm³/mol. The molecule has 0 bridgehead atoms. The van der Waals surface area contributed by atoms with Crippen molar-refractivity contribution in [1.29, 1.82) is 0 Å². The Balaban J connectivity index is 1.40. The van der Waals surface area contributed by atoms with Crippen LogP contribution in [0.25, 0.3) is 22.5 Å². The number of benzene rings is 2. The van der Waals surface area contributed by atoms with E-state index in [1.807, 2.05) is 30.3 Å². The van der Waals surface area contributed by atoms with E-state index in [0.29, 0.717) is 41.9 Å². The summed E-state index contributed by atoms with van der Waals surface area (Å²) in [5.41, 5.74) is 2.23. The highest BCUT2D eigenvalue weighted by atomic mass is 16.5. The second-order valence-corrected chi connectivity index (χ2v) is 7.02. The maximum Gasteiger partial charge on any atom is 0.279 e. The van der Waals surface area contributed by atoms with Gasteiger partial charge in [-0.15, -0.1) is 0 Å². The second-order valence-electron chi connectivity index (χ2n) is 7.02. The van der Waals surface area contributed by atoms with E-state index in [2.05, 4.69) is 20.3 Å². The van der Waals surface area contributed by atoms with Crippen molar-refractivity contribution < 1.29 is 18.8 Å². The number of rotatable bonds is 5. The normalized spacial score (nSPS) is 16.4. The summed E-state index contributed by atoms with van der Waals surface area (Å²) in [6.07, 6.45) is 0.300. The summed E-state index contributed by atoms with van der Waals surface area (Å²) >= 11 is 0. The zero-order valence-electron chi connectivity index (χ0n) is 16.5. The number of ether oxygens (including phenoxy) is 2. The van der Waals surface area contributed by atoms with Crippen LogP contribution in [0.4, 0.5) is 5.69 Å². The van der Waals surface area contributed by atoms with Gasteiger partial charge >= 0.3 is 0 Å². The lowest BCUT2D eigenvalue weighted by Gasteiger charge is -2.18. The quantitative estimate of drug-likeness (QED) is 0.543. The molecular formula is C21H19N5O4. The van der Waals surface area contributed by atoms with Crippen LogP contribution in [0.15, 0.2) is 47.0 Å². The summed E-state index contributed by atoms with van der Waals surface area (Å²) in [6.45, 7) is 0.453. The number of methoxy groups -OCH3 is 2. The molecule has 5 rings (SSSR count). The Hall–Kier alpha value is -3.88. The number of fused-ring (bicyclic) bond motifs is 1. The third-order valence-electron chi connectivity index (χ3n) is 5.28. The topological polar surface area (TPSA) is 106 Å². The Morgan fingerprint density at radius 2 is 1.97 bits per heavy atom. The van der Waals surface area contributed by atoms with Crippen LogP contribution in [0.3, 0.4) is 0 Å². The van der Waals surface area contributed by atoms with Crippen LogP contribution in [0.1, 0.15) is 18.2 Å². The lowest BCUT2D eigenvalue weighted by molar-refractivity contribution is -0.117. The van der Waals surface area contributed by atoms with Crippen molar-refractivity contribution in [3.63, 3.8) is 0 Å². The zero-order valence-corrected chi connectivity index (χ0v) is 16.5. The number of amides is 1. The number of nitrogens with one attached hydrogen (secondary N) is 1. The molecule has 2 aromatic heterocycles. The van der Waals surface area contributed by atoms with Crippen LogP contribution < -0.4 is 14.4 Å². The molecule has 0 radical (unpaired) electrons. The summed E-state index contributed by atoms with van der Waals surface area (Å²) in [6, 6.07) is 13.1. The minimum atomic E-state index is -0.173. The Morgan fingerprint density at radius 3 is 2.80 bits per heavy atom. The van der Waals surface area contributed by atoms with Crippen molar-refractivity contribution in [3.05, 3.63) is 48.3 Å². The summed E-state index contributed by atoms with van der Waals surface area (Å²) in [5.74, 6) is 1.82. The number of para-hydroxylation sites is 1. The van der Waals surface area contributed by atoms with E-state index in [9.17, 15) is 4.79 Å². The maximum atomic E-state index is 12.7. The third kappa shape index (κ3) is 2.95. The van der Waals surface area contributed by atoms with Gasteiger partial charge in [0.1, 0.15) is 0 Å². The van der Waals surface area contributed by atoms with Crippen LogP contribution in [0, 0.1) is 0 Å². The van der Waals surface area contributed by atoms with Gasteiger partial charge in [0.15, 0.2) is 23.0 Å². The number of carbonyl (C=O) groups excluding carboxylic acids is 1. The van der Waals surface area contributed by atoms with Crippen LogP contribution >= 0.6 is 0 Å². The fourth-order valence-corrected chi connectivity index (χ4v) is 3.75. The van der Waals surface area contributed by atoms with Gasteiger partial charge < -0.3 is 18.9 Å². The molecule has 1 unspecified atom stereocenters. The molecule has 0 spiro atoms. The minimum absolute atomic E-state index is 0.0104. The highest BCUT2D eigenvalue weighted by Crippen LogP contribution is 2.36. The Labute approximate surface area is 171 Å². The molecular weight excluding hydrogens is 386 g/mol. The van der Waals surface area contributed by atoms with E-state index in [1.54, 1.807) is 31.3 Å². The Kier molecular flexibility index (Phi) is 4.35. The number of hydrogen-bond acceptors (Lipinski definition) is 7. The Morgan fingerprint density at radius 1 is 1.13 bits per heavy atom. The predicted octanol–water partition coefficient (Wildman–Crippen LogP) is 3.15. The van der Waals surface area contributed by atoms with Crippen molar-refractivity contribution in [2.45, 2.75) is 12.3 Å². The molecule has 9 heteroatoms. The van der Waals surface area contributed by atoms with Crippen molar-refractivity contribution in [2.75, 3.05) is 25.7 Å². The molecule has 2 aromatic carbocycles. The molecule has 1 amide bonds. The average molecular weight is 405 g/mol. The van der Waals surface area contributed by atoms with Crippen LogP contribution in [0.2, 0.25) is 0 Å². The molecule has 4 aromatic rings. The van der Waals surface area contributed by atoms with Gasteiger partial charge in [-0.2, -0.15) is 10.1 Å². The van der Waals surface area contributed by atoms with Crippen molar-refractivity contribution in [1.82, 2.24) is 20.3 Å². The molecule has 1 N–H and O–H groups in total. The van der Waals surface area contributed by atoms with Gasteiger partial charge in [-0.25, -0.2) is 0 Å². The highest BCUT2D eigenvalue weighted by Gasteiger charge is 2.35. The zero-order chi connectivity index (χ0) is 20.7. The van der Waals surface area contributed by atoms with Gasteiger partial charge in [-0.05, 0) is 18.2 Å². The van der Waals surface area contributed by atoms with Gasteiger partial charge in [0.2, 0.25) is 5.91 Å². The van der Waals surface area contributed by atoms with E-state index in [1.165, 1.54) is 0 Å². The highest BCUT2D eigenvalue weighted by molar-refractivity contribution is 5.96. The molecule has 0 aliphatic carbocycles. The molecule has 0 saturated carbocycles. The first-order valence-electron chi connectivity index (χ1n) is 9.47. The van der Waals surface area contributed by atoms with Crippen LogP contribution in [-0.4, -0.2) is 47.0 Å². The molecule has 1 saturated heterocycles. The first-order valence-corrected chi connectivity index (χ1v) is 9.47. The number of H-pyrrole nitrogens is 1. The van der Waals surface area contributed by atoms with Crippen molar-refractivity contribution in [3.8, 4) is 23.1 Å². The van der Waals surface area contributed by atoms with Gasteiger partial charge in [-0.3, -0.25) is 9.89 Å². The monoisotopic (exact) mass is 405 g/mol. The van der Waals surface area contributed by atoms with Crippen molar-refractivity contribution >= 4 is 22.5 Å². The summed E-state index contributed by atoms with van der Waals surface area (Å²) in [4.78, 5) is 18.9. The second kappa shape index (κ2) is 7.18. The summed E-state index contributed by atoms with van der Waals surface area (Å²) < 4.78 is 16.1. The molecule has 1 aliphatic rings. The average Bonchev–Trinajstić information content (AvgIpc) is 3.50.